The number of halogens is 3. The summed E-state index contributed by atoms with van der Waals surface area (Å²) in [5, 5.41) is 0.101. The van der Waals surface area contributed by atoms with E-state index in [1.165, 1.54) is 12.1 Å². The number of aromatic nitrogens is 2. The number of nitrogens with two attached hydrogens (primary N) is 1. The van der Waals surface area contributed by atoms with Gasteiger partial charge in [0, 0.05) is 0 Å². The third-order valence-corrected chi connectivity index (χ3v) is 3.06. The van der Waals surface area contributed by atoms with Gasteiger partial charge in [0.2, 0.25) is 11.8 Å². The molecule has 0 atom stereocenters. The van der Waals surface area contributed by atoms with Gasteiger partial charge in [-0.15, -0.1) is 0 Å². The molecule has 0 aliphatic carbocycles. The van der Waals surface area contributed by atoms with Crippen molar-refractivity contribution in [2.45, 2.75) is 0 Å². The molecule has 7 heteroatoms. The maximum atomic E-state index is 13.4. The summed E-state index contributed by atoms with van der Waals surface area (Å²) in [6.45, 7) is 0. The van der Waals surface area contributed by atoms with Crippen molar-refractivity contribution >= 4 is 33.5 Å². The molecule has 1 aromatic carbocycles. The first kappa shape index (κ1) is 12.1. The SMILES string of the molecule is Nc1nc(Cl)c(Br)c(Oc2ccccc2F)n1. The van der Waals surface area contributed by atoms with E-state index in [2.05, 4.69) is 25.9 Å². The van der Waals surface area contributed by atoms with Gasteiger partial charge in [0.15, 0.2) is 16.7 Å². The summed E-state index contributed by atoms with van der Waals surface area (Å²) in [6.07, 6.45) is 0. The molecule has 0 amide bonds. The van der Waals surface area contributed by atoms with Crippen LogP contribution in [0.5, 0.6) is 11.6 Å². The number of anilines is 1. The van der Waals surface area contributed by atoms with Crippen molar-refractivity contribution in [1.82, 2.24) is 9.97 Å². The Morgan fingerprint density at radius 2 is 2.00 bits per heavy atom. The standard InChI is InChI=1S/C10H6BrClFN3O/c11-7-8(12)15-10(14)16-9(7)17-6-4-2-1-3-5(6)13/h1-4H,(H2,14,15,16). The highest BCUT2D eigenvalue weighted by Crippen LogP contribution is 2.33. The van der Waals surface area contributed by atoms with Crippen LogP contribution in [0.4, 0.5) is 10.3 Å². The lowest BCUT2D eigenvalue weighted by atomic mass is 10.3. The molecule has 88 valence electrons. The first-order valence-corrected chi connectivity index (χ1v) is 5.66. The van der Waals surface area contributed by atoms with Crippen LogP contribution >= 0.6 is 27.5 Å². The van der Waals surface area contributed by atoms with E-state index in [4.69, 9.17) is 22.1 Å². The van der Waals surface area contributed by atoms with Crippen LogP contribution in [0.25, 0.3) is 0 Å². The molecule has 0 spiro atoms. The zero-order valence-electron chi connectivity index (χ0n) is 8.32. The van der Waals surface area contributed by atoms with Gasteiger partial charge in [-0.25, -0.2) is 4.39 Å². The first-order valence-electron chi connectivity index (χ1n) is 4.49. The second kappa shape index (κ2) is 4.85. The van der Waals surface area contributed by atoms with E-state index in [9.17, 15) is 4.39 Å². The third-order valence-electron chi connectivity index (χ3n) is 1.84. The van der Waals surface area contributed by atoms with Crippen LogP contribution in [0.15, 0.2) is 28.7 Å². The molecule has 4 nitrogen and oxygen atoms in total. The summed E-state index contributed by atoms with van der Waals surface area (Å²) >= 11 is 8.91. The Morgan fingerprint density at radius 3 is 2.71 bits per heavy atom. The van der Waals surface area contributed by atoms with Gasteiger partial charge in [-0.05, 0) is 28.1 Å². The fraction of sp³-hybridized carbons (Fsp3) is 0. The molecule has 2 N–H and O–H groups in total. The molecule has 17 heavy (non-hydrogen) atoms. The summed E-state index contributed by atoms with van der Waals surface area (Å²) in [7, 11) is 0. The molecule has 0 saturated carbocycles. The quantitative estimate of drug-likeness (QED) is 0.862. The summed E-state index contributed by atoms with van der Waals surface area (Å²) in [4.78, 5) is 7.53. The van der Waals surface area contributed by atoms with Crippen LogP contribution in [0.3, 0.4) is 0 Å². The highest BCUT2D eigenvalue weighted by atomic mass is 79.9. The maximum Gasteiger partial charge on any atom is 0.240 e. The Kier molecular flexibility index (Phi) is 3.44. The number of nitrogens with zero attached hydrogens (tertiary/aromatic N) is 2. The Labute approximate surface area is 110 Å². The van der Waals surface area contributed by atoms with Crippen molar-refractivity contribution in [2.24, 2.45) is 0 Å². The third kappa shape index (κ3) is 2.65. The molecular weight excluding hydrogens is 312 g/mol. The summed E-state index contributed by atoms with van der Waals surface area (Å²) in [5.74, 6) is -0.466. The first-order chi connectivity index (χ1) is 8.08. The number of benzene rings is 1. The monoisotopic (exact) mass is 317 g/mol. The van der Waals surface area contributed by atoms with Gasteiger partial charge in [-0.3, -0.25) is 0 Å². The van der Waals surface area contributed by atoms with Crippen molar-refractivity contribution in [3.05, 3.63) is 39.7 Å². The Hall–Kier alpha value is -1.40. The van der Waals surface area contributed by atoms with Crippen LogP contribution in [-0.4, -0.2) is 9.97 Å². The second-order valence-electron chi connectivity index (χ2n) is 3.02. The molecule has 1 heterocycles. The summed E-state index contributed by atoms with van der Waals surface area (Å²) < 4.78 is 18.9. The van der Waals surface area contributed by atoms with E-state index in [0.29, 0.717) is 4.47 Å². The number of ether oxygens (including phenoxy) is 1. The van der Waals surface area contributed by atoms with Crippen LogP contribution in [0.2, 0.25) is 5.15 Å². The van der Waals surface area contributed by atoms with Gasteiger partial charge >= 0.3 is 0 Å². The molecule has 0 bridgehead atoms. The van der Waals surface area contributed by atoms with Gasteiger partial charge < -0.3 is 10.5 Å². The number of nitrogen functional groups attached to an aromatic ring is 1. The fourth-order valence-corrected chi connectivity index (χ4v) is 1.54. The predicted molar refractivity (Wildman–Crippen MR) is 65.6 cm³/mol. The second-order valence-corrected chi connectivity index (χ2v) is 4.18. The number of rotatable bonds is 2. The molecule has 0 unspecified atom stereocenters. The molecule has 0 aliphatic heterocycles. The lowest BCUT2D eigenvalue weighted by Crippen LogP contribution is -1.99. The molecule has 2 aromatic rings. The van der Waals surface area contributed by atoms with E-state index in [0.717, 1.165) is 0 Å². The zero-order chi connectivity index (χ0) is 12.4. The topological polar surface area (TPSA) is 61.0 Å². The van der Waals surface area contributed by atoms with Gasteiger partial charge in [0.05, 0.1) is 0 Å². The molecule has 0 saturated heterocycles. The van der Waals surface area contributed by atoms with Crippen LogP contribution < -0.4 is 10.5 Å². The molecule has 1 aromatic heterocycles. The van der Waals surface area contributed by atoms with E-state index in [-0.39, 0.29) is 22.7 Å². The Morgan fingerprint density at radius 1 is 1.29 bits per heavy atom. The minimum Gasteiger partial charge on any atom is -0.435 e. The highest BCUT2D eigenvalue weighted by molar-refractivity contribution is 9.10. The number of para-hydroxylation sites is 1. The largest absolute Gasteiger partial charge is 0.435 e. The van der Waals surface area contributed by atoms with Crippen LogP contribution in [0.1, 0.15) is 0 Å². The van der Waals surface area contributed by atoms with Gasteiger partial charge in [-0.2, -0.15) is 9.97 Å². The molecular formula is C10H6BrClFN3O. The molecule has 2 rings (SSSR count). The zero-order valence-corrected chi connectivity index (χ0v) is 10.7. The Bertz CT molecular complexity index is 567. The average Bonchev–Trinajstić information content (AvgIpc) is 2.28. The highest BCUT2D eigenvalue weighted by Gasteiger charge is 2.13. The molecule has 0 aliphatic rings. The van der Waals surface area contributed by atoms with Gasteiger partial charge in [0.25, 0.3) is 0 Å². The Balaban J connectivity index is 2.40. The van der Waals surface area contributed by atoms with Crippen molar-refractivity contribution < 1.29 is 9.13 Å². The average molecular weight is 319 g/mol. The van der Waals surface area contributed by atoms with Gasteiger partial charge in [0.1, 0.15) is 4.47 Å². The van der Waals surface area contributed by atoms with Crippen molar-refractivity contribution in [1.29, 1.82) is 0 Å². The lowest BCUT2D eigenvalue weighted by Gasteiger charge is -2.08. The minimum atomic E-state index is -0.507. The smallest absolute Gasteiger partial charge is 0.240 e. The van der Waals surface area contributed by atoms with E-state index in [1.54, 1.807) is 12.1 Å². The summed E-state index contributed by atoms with van der Waals surface area (Å²) in [6, 6.07) is 5.93. The normalized spacial score (nSPS) is 10.3. The minimum absolute atomic E-state index is 0.0300. The van der Waals surface area contributed by atoms with Gasteiger partial charge in [-0.1, -0.05) is 23.7 Å². The van der Waals surface area contributed by atoms with Crippen molar-refractivity contribution in [3.8, 4) is 11.6 Å². The van der Waals surface area contributed by atoms with E-state index >= 15 is 0 Å². The van der Waals surface area contributed by atoms with E-state index < -0.39 is 5.82 Å². The van der Waals surface area contributed by atoms with E-state index in [1.807, 2.05) is 0 Å². The number of hydrogen-bond donors (Lipinski definition) is 1. The van der Waals surface area contributed by atoms with Crippen LogP contribution in [0, 0.1) is 5.82 Å². The van der Waals surface area contributed by atoms with Crippen molar-refractivity contribution in [2.75, 3.05) is 5.73 Å². The summed E-state index contributed by atoms with van der Waals surface area (Å²) in [5.41, 5.74) is 5.42. The van der Waals surface area contributed by atoms with Crippen molar-refractivity contribution in [3.63, 3.8) is 0 Å². The lowest BCUT2D eigenvalue weighted by molar-refractivity contribution is 0.424. The molecule has 0 radical (unpaired) electrons. The number of hydrogen-bond acceptors (Lipinski definition) is 4. The fourth-order valence-electron chi connectivity index (χ4n) is 1.12. The molecule has 0 fully saturated rings. The maximum absolute atomic E-state index is 13.4. The predicted octanol–water partition coefficient (Wildman–Crippen LogP) is 3.41. The van der Waals surface area contributed by atoms with Crippen LogP contribution in [-0.2, 0) is 0 Å².